The normalized spacial score (nSPS) is 34.5. The summed E-state index contributed by atoms with van der Waals surface area (Å²) in [5.74, 6) is 2.73. The second kappa shape index (κ2) is 3.80. The Labute approximate surface area is 95.6 Å². The van der Waals surface area contributed by atoms with E-state index in [-0.39, 0.29) is 6.04 Å². The molecule has 4 atom stereocenters. The Hall–Kier alpha value is -0.970. The first-order chi connectivity index (χ1) is 7.79. The van der Waals surface area contributed by atoms with Gasteiger partial charge in [-0.1, -0.05) is 6.42 Å². The molecule has 1 aromatic heterocycles. The number of hydrogen-bond acceptors (Lipinski definition) is 4. The Balaban J connectivity index is 1.87. The standard InChI is InChI=1S/C11H19N5/c1-7(12-2)11-13-14-15-16(11)10-6-8-3-4-9(10)5-8/h7-10,12H,3-6H2,1-2H3. The monoisotopic (exact) mass is 221 g/mol. The van der Waals surface area contributed by atoms with E-state index in [1.807, 2.05) is 7.05 Å². The summed E-state index contributed by atoms with van der Waals surface area (Å²) >= 11 is 0. The molecule has 2 aliphatic carbocycles. The minimum Gasteiger partial charge on any atom is -0.311 e. The van der Waals surface area contributed by atoms with E-state index in [1.165, 1.54) is 25.7 Å². The second-order valence-electron chi connectivity index (χ2n) is 5.23. The molecule has 1 N–H and O–H groups in total. The van der Waals surface area contributed by atoms with Gasteiger partial charge in [0.2, 0.25) is 0 Å². The number of nitrogens with one attached hydrogen (secondary N) is 1. The predicted molar refractivity (Wildman–Crippen MR) is 59.8 cm³/mol. The van der Waals surface area contributed by atoms with E-state index in [0.29, 0.717) is 6.04 Å². The third-order valence-corrected chi connectivity index (χ3v) is 4.35. The molecule has 2 bridgehead atoms. The Kier molecular flexibility index (Phi) is 2.42. The summed E-state index contributed by atoms with van der Waals surface area (Å²) in [6, 6.07) is 0.786. The Morgan fingerprint density at radius 1 is 1.38 bits per heavy atom. The summed E-state index contributed by atoms with van der Waals surface area (Å²) in [5.41, 5.74) is 0. The van der Waals surface area contributed by atoms with Crippen LogP contribution in [0.25, 0.3) is 0 Å². The van der Waals surface area contributed by atoms with Crippen LogP contribution in [0.3, 0.4) is 0 Å². The van der Waals surface area contributed by atoms with Crippen LogP contribution in [0.1, 0.15) is 50.5 Å². The highest BCUT2D eigenvalue weighted by Crippen LogP contribution is 2.50. The van der Waals surface area contributed by atoms with Crippen LogP contribution < -0.4 is 5.32 Å². The highest BCUT2D eigenvalue weighted by molar-refractivity contribution is 4.98. The van der Waals surface area contributed by atoms with Gasteiger partial charge in [-0.15, -0.1) is 5.10 Å². The molecule has 5 heteroatoms. The van der Waals surface area contributed by atoms with Crippen LogP contribution >= 0.6 is 0 Å². The summed E-state index contributed by atoms with van der Waals surface area (Å²) in [6.45, 7) is 2.11. The lowest BCUT2D eigenvalue weighted by Crippen LogP contribution is -2.24. The van der Waals surface area contributed by atoms with E-state index in [2.05, 4.69) is 32.4 Å². The summed E-state index contributed by atoms with van der Waals surface area (Å²) < 4.78 is 2.07. The zero-order valence-corrected chi connectivity index (χ0v) is 9.93. The fourth-order valence-electron chi connectivity index (χ4n) is 3.36. The van der Waals surface area contributed by atoms with E-state index in [9.17, 15) is 0 Å². The summed E-state index contributed by atoms with van der Waals surface area (Å²) in [5, 5.41) is 15.4. The molecular formula is C11H19N5. The van der Waals surface area contributed by atoms with Gasteiger partial charge >= 0.3 is 0 Å². The minimum absolute atomic E-state index is 0.231. The van der Waals surface area contributed by atoms with Gasteiger partial charge in [-0.05, 0) is 55.5 Å². The van der Waals surface area contributed by atoms with E-state index in [1.54, 1.807) is 0 Å². The van der Waals surface area contributed by atoms with Crippen LogP contribution in [0, 0.1) is 11.8 Å². The average Bonchev–Trinajstić information content (AvgIpc) is 3.01. The number of hydrogen-bond donors (Lipinski definition) is 1. The topological polar surface area (TPSA) is 55.6 Å². The van der Waals surface area contributed by atoms with Crippen molar-refractivity contribution in [2.45, 2.75) is 44.7 Å². The molecule has 2 aliphatic rings. The summed E-state index contributed by atoms with van der Waals surface area (Å²) in [4.78, 5) is 0. The fourth-order valence-corrected chi connectivity index (χ4v) is 3.36. The number of rotatable bonds is 3. The van der Waals surface area contributed by atoms with Crippen molar-refractivity contribution in [1.82, 2.24) is 25.5 Å². The molecule has 88 valence electrons. The van der Waals surface area contributed by atoms with Gasteiger partial charge in [-0.2, -0.15) is 0 Å². The van der Waals surface area contributed by atoms with Gasteiger partial charge in [0, 0.05) is 0 Å². The molecule has 1 aromatic rings. The van der Waals surface area contributed by atoms with Crippen molar-refractivity contribution in [1.29, 1.82) is 0 Å². The number of nitrogens with zero attached hydrogens (tertiary/aromatic N) is 4. The molecule has 2 saturated carbocycles. The maximum Gasteiger partial charge on any atom is 0.168 e. The van der Waals surface area contributed by atoms with Crippen LogP contribution in [-0.2, 0) is 0 Å². The van der Waals surface area contributed by atoms with E-state index in [4.69, 9.17) is 0 Å². The largest absolute Gasteiger partial charge is 0.311 e. The van der Waals surface area contributed by atoms with Crippen molar-refractivity contribution >= 4 is 0 Å². The molecule has 5 nitrogen and oxygen atoms in total. The van der Waals surface area contributed by atoms with Gasteiger partial charge in [-0.25, -0.2) is 4.68 Å². The Morgan fingerprint density at radius 2 is 2.25 bits per heavy atom. The highest BCUT2D eigenvalue weighted by atomic mass is 15.6. The van der Waals surface area contributed by atoms with E-state index < -0.39 is 0 Å². The lowest BCUT2D eigenvalue weighted by Gasteiger charge is -2.23. The minimum atomic E-state index is 0.231. The number of fused-ring (bicyclic) bond motifs is 2. The Morgan fingerprint density at radius 3 is 2.88 bits per heavy atom. The molecule has 0 spiro atoms. The van der Waals surface area contributed by atoms with Gasteiger partial charge < -0.3 is 5.32 Å². The van der Waals surface area contributed by atoms with Crippen molar-refractivity contribution in [3.63, 3.8) is 0 Å². The van der Waals surface area contributed by atoms with Crippen LogP contribution in [-0.4, -0.2) is 27.3 Å². The SMILES string of the molecule is CNC(C)c1nnnn1C1CC2CCC1C2. The van der Waals surface area contributed by atoms with Gasteiger partial charge in [0.15, 0.2) is 5.82 Å². The predicted octanol–water partition coefficient (Wildman–Crippen LogP) is 1.31. The van der Waals surface area contributed by atoms with Gasteiger partial charge in [0.1, 0.15) is 0 Å². The first-order valence-electron chi connectivity index (χ1n) is 6.24. The highest BCUT2D eigenvalue weighted by Gasteiger charge is 2.42. The number of aromatic nitrogens is 4. The van der Waals surface area contributed by atoms with Crippen LogP contribution in [0.4, 0.5) is 0 Å². The second-order valence-corrected chi connectivity index (χ2v) is 5.23. The van der Waals surface area contributed by atoms with Crippen LogP contribution in [0.5, 0.6) is 0 Å². The molecule has 4 unspecified atom stereocenters. The van der Waals surface area contributed by atoms with Crippen molar-refractivity contribution in [2.24, 2.45) is 11.8 Å². The van der Waals surface area contributed by atoms with Crippen molar-refractivity contribution < 1.29 is 0 Å². The smallest absolute Gasteiger partial charge is 0.168 e. The quantitative estimate of drug-likeness (QED) is 0.836. The van der Waals surface area contributed by atoms with Crippen molar-refractivity contribution in [3.05, 3.63) is 5.82 Å². The molecule has 3 rings (SSSR count). The summed E-state index contributed by atoms with van der Waals surface area (Å²) in [7, 11) is 1.95. The van der Waals surface area contributed by atoms with Crippen LogP contribution in [0.15, 0.2) is 0 Å². The van der Waals surface area contributed by atoms with E-state index >= 15 is 0 Å². The molecule has 2 fully saturated rings. The Bertz CT molecular complexity index is 374. The zero-order chi connectivity index (χ0) is 11.1. The maximum absolute atomic E-state index is 4.20. The molecule has 0 aliphatic heterocycles. The first kappa shape index (κ1) is 10.2. The molecule has 0 radical (unpaired) electrons. The summed E-state index contributed by atoms with van der Waals surface area (Å²) in [6.07, 6.45) is 5.44. The fraction of sp³-hybridized carbons (Fsp3) is 0.909. The zero-order valence-electron chi connectivity index (χ0n) is 9.93. The van der Waals surface area contributed by atoms with Crippen LogP contribution in [0.2, 0.25) is 0 Å². The lowest BCUT2D eigenvalue weighted by atomic mass is 9.95. The van der Waals surface area contributed by atoms with Gasteiger partial charge in [0.05, 0.1) is 12.1 Å². The van der Waals surface area contributed by atoms with Crippen molar-refractivity contribution in [3.8, 4) is 0 Å². The van der Waals surface area contributed by atoms with Gasteiger partial charge in [-0.3, -0.25) is 0 Å². The molecule has 0 aromatic carbocycles. The third-order valence-electron chi connectivity index (χ3n) is 4.35. The van der Waals surface area contributed by atoms with Crippen molar-refractivity contribution in [2.75, 3.05) is 7.05 Å². The maximum atomic E-state index is 4.20. The third kappa shape index (κ3) is 1.45. The average molecular weight is 221 g/mol. The van der Waals surface area contributed by atoms with Gasteiger partial charge in [0.25, 0.3) is 0 Å². The first-order valence-corrected chi connectivity index (χ1v) is 6.24. The molecule has 16 heavy (non-hydrogen) atoms. The lowest BCUT2D eigenvalue weighted by molar-refractivity contribution is 0.289. The molecule has 0 saturated heterocycles. The number of tetrazole rings is 1. The molecule has 1 heterocycles. The molecule has 0 amide bonds. The molecular weight excluding hydrogens is 202 g/mol. The van der Waals surface area contributed by atoms with E-state index in [0.717, 1.165) is 17.7 Å².